The van der Waals surface area contributed by atoms with Gasteiger partial charge in [0.25, 0.3) is 0 Å². The van der Waals surface area contributed by atoms with Crippen LogP contribution in [0.25, 0.3) is 0 Å². The van der Waals surface area contributed by atoms with E-state index in [1.165, 1.54) is 0 Å². The molecule has 0 aromatic carbocycles. The van der Waals surface area contributed by atoms with Crippen LogP contribution in [0.5, 0.6) is 0 Å². The number of aliphatic hydroxyl groups is 18. The minimum Gasteiger partial charge on any atom is -0.394 e. The molecule has 0 saturated carbocycles. The second-order valence-corrected chi connectivity index (χ2v) is 17.3. The summed E-state index contributed by atoms with van der Waals surface area (Å²) in [7, 11) is 0. The van der Waals surface area contributed by atoms with Crippen molar-refractivity contribution in [1.29, 1.82) is 0 Å². The van der Waals surface area contributed by atoms with E-state index in [2.05, 4.69) is 0 Å². The average molecular weight is 971 g/mol. The third-order valence-corrected chi connectivity index (χ3v) is 13.2. The lowest BCUT2D eigenvalue weighted by Crippen LogP contribution is -2.68. The molecule has 0 spiro atoms. The molecule has 0 amide bonds. The van der Waals surface area contributed by atoms with E-state index in [1.807, 2.05) is 0 Å². The minimum absolute atomic E-state index is 0.495. The Morgan fingerprint density at radius 1 is 0.242 bits per heavy atom. The van der Waals surface area contributed by atoms with Gasteiger partial charge in [0, 0.05) is 5.92 Å². The molecule has 0 aromatic rings. The Labute approximate surface area is 373 Å². The van der Waals surface area contributed by atoms with Crippen molar-refractivity contribution < 1.29 is 144 Å². The highest BCUT2D eigenvalue weighted by molar-refractivity contribution is 5.02. The van der Waals surface area contributed by atoms with E-state index < -0.39 is 230 Å². The highest BCUT2D eigenvalue weighted by Crippen LogP contribution is 2.39. The summed E-state index contributed by atoms with van der Waals surface area (Å²) >= 11 is 0. The molecule has 22 saturated heterocycles. The van der Waals surface area contributed by atoms with Crippen LogP contribution in [-0.4, -0.2) is 310 Å². The first-order valence-corrected chi connectivity index (χ1v) is 21.4. The van der Waals surface area contributed by atoms with Crippen LogP contribution in [0, 0.1) is 5.92 Å². The van der Waals surface area contributed by atoms with Gasteiger partial charge in [-0.1, -0.05) is 0 Å². The van der Waals surface area contributed by atoms with Crippen LogP contribution in [0.4, 0.5) is 0 Å². The van der Waals surface area contributed by atoms with Gasteiger partial charge in [0.15, 0.2) is 31.5 Å². The molecule has 22 heterocycles. The molecule has 22 aliphatic heterocycles. The summed E-state index contributed by atoms with van der Waals surface area (Å²) in [5.41, 5.74) is 0. The summed E-state index contributed by atoms with van der Waals surface area (Å²) in [5, 5.41) is 196. The molecule has 0 aromatic heterocycles. The van der Waals surface area contributed by atoms with E-state index in [0.29, 0.717) is 0 Å². The van der Waals surface area contributed by atoms with Gasteiger partial charge >= 0.3 is 0 Å². The predicted molar refractivity (Wildman–Crippen MR) is 199 cm³/mol. The highest BCUT2D eigenvalue weighted by atomic mass is 16.8. The van der Waals surface area contributed by atoms with Crippen molar-refractivity contribution in [3.8, 4) is 0 Å². The van der Waals surface area contributed by atoms with Crippen molar-refractivity contribution in [2.45, 2.75) is 184 Å². The smallest absolute Gasteiger partial charge is 0.187 e. The van der Waals surface area contributed by atoms with Gasteiger partial charge in [-0.25, -0.2) is 0 Å². The molecule has 22 fully saturated rings. The zero-order chi connectivity index (χ0) is 48.0. The van der Waals surface area contributed by atoms with Gasteiger partial charge in [-0.05, 0) is 6.42 Å². The number of hydrogen-bond acceptors (Lipinski definition) is 29. The van der Waals surface area contributed by atoms with Crippen LogP contribution in [-0.2, 0) is 52.1 Å². The SMILES string of the molecule is OCC1O[C@H]2O[C@H]3C(CO)O[C@@H](O[C@H]4C(CO)O[C@@H](O[C@H]5C(CO)O[C@@H](O[C@H]6C(CO)O[C@@H](O[C@H]7C(CO)O[C@@H](CC1[C@H](O)C2O)C(O)[C@H]7O)C(O)[C@H]6O)C(O)[C@H]5O)C(O)[C@H]4O)C(O)[C@H]3O. The Balaban J connectivity index is 1.19. The normalized spacial score (nSPS) is 55.4. The van der Waals surface area contributed by atoms with Crippen molar-refractivity contribution in [3.05, 3.63) is 0 Å². The van der Waals surface area contributed by atoms with Crippen LogP contribution < -0.4 is 0 Å². The van der Waals surface area contributed by atoms with Crippen LogP contribution in [0.2, 0.25) is 0 Å². The lowest BCUT2D eigenvalue weighted by Gasteiger charge is -2.50. The first-order chi connectivity index (χ1) is 31.4. The molecule has 0 radical (unpaired) electrons. The number of ether oxygens (including phenoxy) is 11. The predicted octanol–water partition coefficient (Wildman–Crippen LogP) is -12.4. The van der Waals surface area contributed by atoms with Gasteiger partial charge in [0.05, 0.1) is 58.0 Å². The maximum absolute atomic E-state index is 11.3. The zero-order valence-electron chi connectivity index (χ0n) is 34.8. The fraction of sp³-hybridized carbons (Fsp3) is 1.00. The first kappa shape index (κ1) is 52.7. The summed E-state index contributed by atoms with van der Waals surface area (Å²) in [5.74, 6) is -1.32. The summed E-state index contributed by atoms with van der Waals surface area (Å²) in [6, 6.07) is 0. The third kappa shape index (κ3) is 10.0. The van der Waals surface area contributed by atoms with Crippen LogP contribution in [0.1, 0.15) is 6.42 Å². The number of aliphatic hydroxyl groups excluding tert-OH is 18. The van der Waals surface area contributed by atoms with Crippen molar-refractivity contribution >= 4 is 0 Å². The molecule has 0 aliphatic carbocycles. The Kier molecular flexibility index (Phi) is 17.6. The molecule has 66 heavy (non-hydrogen) atoms. The summed E-state index contributed by atoms with van der Waals surface area (Å²) in [6.45, 7) is -5.72. The third-order valence-electron chi connectivity index (χ3n) is 13.2. The van der Waals surface area contributed by atoms with E-state index in [9.17, 15) is 91.9 Å². The monoisotopic (exact) mass is 970 g/mol. The molecular formula is C37H62O29. The van der Waals surface area contributed by atoms with Crippen molar-refractivity contribution in [3.63, 3.8) is 0 Å². The van der Waals surface area contributed by atoms with E-state index in [0.717, 1.165) is 0 Å². The maximum atomic E-state index is 11.3. The van der Waals surface area contributed by atoms with Crippen LogP contribution >= 0.6 is 0 Å². The zero-order valence-corrected chi connectivity index (χ0v) is 34.8. The fourth-order valence-electron chi connectivity index (χ4n) is 9.47. The second kappa shape index (κ2) is 22.1. The van der Waals surface area contributed by atoms with Gasteiger partial charge in [0.2, 0.25) is 0 Å². The Hall–Kier alpha value is -1.16. The Morgan fingerprint density at radius 3 is 0.742 bits per heavy atom. The van der Waals surface area contributed by atoms with E-state index in [4.69, 9.17) is 52.1 Å². The molecule has 22 aliphatic rings. The van der Waals surface area contributed by atoms with Gasteiger partial charge in [0.1, 0.15) is 128 Å². The second-order valence-electron chi connectivity index (χ2n) is 17.3. The molecule has 22 rings (SSSR count). The van der Waals surface area contributed by atoms with E-state index in [-0.39, 0.29) is 0 Å². The summed E-state index contributed by atoms with van der Waals surface area (Å²) < 4.78 is 62.8. The Morgan fingerprint density at radius 2 is 0.470 bits per heavy atom. The fourth-order valence-corrected chi connectivity index (χ4v) is 9.47. The van der Waals surface area contributed by atoms with Crippen LogP contribution in [0.15, 0.2) is 0 Å². The van der Waals surface area contributed by atoms with E-state index >= 15 is 0 Å². The van der Waals surface area contributed by atoms with Gasteiger partial charge in [-0.2, -0.15) is 0 Å². The topological polar surface area (TPSA) is 466 Å². The number of rotatable bonds is 6. The highest BCUT2D eigenvalue weighted by Gasteiger charge is 2.58. The van der Waals surface area contributed by atoms with Crippen LogP contribution in [0.3, 0.4) is 0 Å². The average Bonchev–Trinajstić information content (AvgIpc) is 3.31. The molecule has 12 bridgehead atoms. The quantitative estimate of drug-likeness (QED) is 0.117. The van der Waals surface area contributed by atoms with E-state index in [1.54, 1.807) is 0 Å². The largest absolute Gasteiger partial charge is 0.394 e. The molecule has 18 N–H and O–H groups in total. The maximum Gasteiger partial charge on any atom is 0.187 e. The molecule has 29 heteroatoms. The molecular weight excluding hydrogens is 908 g/mol. The first-order valence-electron chi connectivity index (χ1n) is 21.4. The molecule has 384 valence electrons. The van der Waals surface area contributed by atoms with Crippen molar-refractivity contribution in [2.75, 3.05) is 39.6 Å². The minimum atomic E-state index is -2.14. The number of hydrogen-bond donors (Lipinski definition) is 18. The Bertz CT molecular complexity index is 1230. The lowest BCUT2D eigenvalue weighted by molar-refractivity contribution is -0.396. The van der Waals surface area contributed by atoms with Crippen molar-refractivity contribution in [1.82, 2.24) is 0 Å². The van der Waals surface area contributed by atoms with Gasteiger partial charge < -0.3 is 144 Å². The molecule has 29 nitrogen and oxygen atoms in total. The van der Waals surface area contributed by atoms with Gasteiger partial charge in [-0.15, -0.1) is 0 Å². The standard InChI is InChI=1S/C37H62O29/c38-2-10-8-1-9-17(45)18(46)28(11(3-39)56-9)62-34-24(52)20(48)30(13(5-41)58-34)64-36-26(54)22(50)32(15(7-43)60-36)66-37-27(55)21(49)31(14(6-42)61-37)65-35-25(53)19(47)29(12(4-40)59-35)63-33(57-10)23(51)16(8)44/h8-55H,1-7H2/t8?,9-,10?,11?,12?,13?,14?,15?,16-,17?,18+,19+,20+,21+,22+,23?,24?,25?,26?,27?,28-,29-,30-,31-,32-,33-,34-,35-,36-,37-/m0/s1. The van der Waals surface area contributed by atoms with Gasteiger partial charge in [-0.3, -0.25) is 0 Å². The summed E-state index contributed by atoms with van der Waals surface area (Å²) in [6.07, 6.45) is -55.0. The van der Waals surface area contributed by atoms with Crippen molar-refractivity contribution in [2.24, 2.45) is 5.92 Å². The lowest BCUT2D eigenvalue weighted by atomic mass is 9.81. The molecule has 13 unspecified atom stereocenters. The summed E-state index contributed by atoms with van der Waals surface area (Å²) in [4.78, 5) is 0. The molecule has 30 atom stereocenters.